The zero-order valence-corrected chi connectivity index (χ0v) is 10.5. The van der Waals surface area contributed by atoms with Gasteiger partial charge in [-0.1, -0.05) is 30.7 Å². The molecule has 96 valence electrons. The number of carbonyl (C=O) groups excluding carboxylic acids is 1. The standard InChI is InChI=1S/C15H19NO2/c17-14(12-5-3-6-12)16-10-15(18)9-8-11-4-1-2-7-13(11)15/h1-2,4,7,12,18H,3,5-6,8-10H2,(H,16,17). The fourth-order valence-electron chi connectivity index (χ4n) is 2.90. The summed E-state index contributed by atoms with van der Waals surface area (Å²) >= 11 is 0. The van der Waals surface area contributed by atoms with Crippen LogP contribution in [0.25, 0.3) is 0 Å². The monoisotopic (exact) mass is 245 g/mol. The van der Waals surface area contributed by atoms with Crippen LogP contribution >= 0.6 is 0 Å². The molecule has 0 spiro atoms. The Hall–Kier alpha value is -1.35. The van der Waals surface area contributed by atoms with Crippen LogP contribution in [0.15, 0.2) is 24.3 Å². The second kappa shape index (κ2) is 4.39. The minimum Gasteiger partial charge on any atom is -0.383 e. The van der Waals surface area contributed by atoms with Crippen molar-refractivity contribution in [2.45, 2.75) is 37.7 Å². The Morgan fingerprint density at radius 1 is 1.39 bits per heavy atom. The first-order valence-electron chi connectivity index (χ1n) is 6.77. The number of rotatable bonds is 3. The molecule has 1 aromatic carbocycles. The topological polar surface area (TPSA) is 49.3 Å². The van der Waals surface area contributed by atoms with Crippen molar-refractivity contribution in [2.75, 3.05) is 6.54 Å². The van der Waals surface area contributed by atoms with Crippen molar-refractivity contribution in [1.29, 1.82) is 0 Å². The molecule has 3 rings (SSSR count). The summed E-state index contributed by atoms with van der Waals surface area (Å²) in [6, 6.07) is 7.97. The molecule has 1 aromatic rings. The molecule has 3 nitrogen and oxygen atoms in total. The fourth-order valence-corrected chi connectivity index (χ4v) is 2.90. The highest BCUT2D eigenvalue weighted by Crippen LogP contribution is 2.36. The summed E-state index contributed by atoms with van der Waals surface area (Å²) in [5.41, 5.74) is 1.33. The van der Waals surface area contributed by atoms with Gasteiger partial charge >= 0.3 is 0 Å². The molecular formula is C15H19NO2. The molecule has 1 fully saturated rings. The van der Waals surface area contributed by atoms with E-state index < -0.39 is 5.60 Å². The van der Waals surface area contributed by atoms with E-state index >= 15 is 0 Å². The van der Waals surface area contributed by atoms with Gasteiger partial charge in [0.1, 0.15) is 5.60 Å². The van der Waals surface area contributed by atoms with E-state index in [0.717, 1.165) is 31.2 Å². The first-order chi connectivity index (χ1) is 8.69. The highest BCUT2D eigenvalue weighted by Gasteiger charge is 2.37. The van der Waals surface area contributed by atoms with Gasteiger partial charge in [0.05, 0.1) is 6.54 Å². The van der Waals surface area contributed by atoms with Crippen molar-refractivity contribution in [1.82, 2.24) is 5.32 Å². The summed E-state index contributed by atoms with van der Waals surface area (Å²) in [7, 11) is 0. The van der Waals surface area contributed by atoms with Crippen LogP contribution in [-0.2, 0) is 16.8 Å². The molecule has 3 heteroatoms. The van der Waals surface area contributed by atoms with Gasteiger partial charge < -0.3 is 10.4 Å². The van der Waals surface area contributed by atoms with Crippen molar-refractivity contribution in [2.24, 2.45) is 5.92 Å². The molecule has 0 saturated heterocycles. The van der Waals surface area contributed by atoms with Gasteiger partial charge in [0.15, 0.2) is 0 Å². The third-order valence-electron chi connectivity index (χ3n) is 4.36. The molecule has 1 amide bonds. The summed E-state index contributed by atoms with van der Waals surface area (Å²) in [4.78, 5) is 11.8. The van der Waals surface area contributed by atoms with Crippen LogP contribution in [0.1, 0.15) is 36.8 Å². The molecule has 2 N–H and O–H groups in total. The van der Waals surface area contributed by atoms with E-state index in [1.54, 1.807) is 0 Å². The van der Waals surface area contributed by atoms with E-state index in [1.807, 2.05) is 18.2 Å². The summed E-state index contributed by atoms with van der Waals surface area (Å²) < 4.78 is 0. The number of aryl methyl sites for hydroxylation is 1. The van der Waals surface area contributed by atoms with Crippen LogP contribution in [0.5, 0.6) is 0 Å². The van der Waals surface area contributed by atoms with E-state index in [2.05, 4.69) is 11.4 Å². The van der Waals surface area contributed by atoms with Gasteiger partial charge in [-0.3, -0.25) is 4.79 Å². The average Bonchev–Trinajstić information content (AvgIpc) is 2.64. The first kappa shape index (κ1) is 11.7. The molecule has 1 saturated carbocycles. The molecule has 2 aliphatic rings. The van der Waals surface area contributed by atoms with Gasteiger partial charge in [0.25, 0.3) is 0 Å². The molecular weight excluding hydrogens is 226 g/mol. The van der Waals surface area contributed by atoms with Crippen LogP contribution < -0.4 is 5.32 Å². The Bertz CT molecular complexity index is 467. The van der Waals surface area contributed by atoms with E-state index in [1.165, 1.54) is 5.56 Å². The SMILES string of the molecule is O=C(NCC1(O)CCc2ccccc21)C1CCC1. The number of carbonyl (C=O) groups is 1. The maximum atomic E-state index is 11.8. The maximum absolute atomic E-state index is 11.8. The highest BCUT2D eigenvalue weighted by molar-refractivity contribution is 5.79. The molecule has 1 unspecified atom stereocenters. The lowest BCUT2D eigenvalue weighted by Gasteiger charge is -2.28. The Morgan fingerprint density at radius 2 is 2.17 bits per heavy atom. The van der Waals surface area contributed by atoms with Crippen molar-refractivity contribution in [3.8, 4) is 0 Å². The maximum Gasteiger partial charge on any atom is 0.223 e. The van der Waals surface area contributed by atoms with Crippen LogP contribution in [0.3, 0.4) is 0 Å². The molecule has 18 heavy (non-hydrogen) atoms. The Balaban J connectivity index is 1.67. The summed E-state index contributed by atoms with van der Waals surface area (Å²) in [5, 5.41) is 13.6. The van der Waals surface area contributed by atoms with Gasteiger partial charge in [0, 0.05) is 5.92 Å². The predicted octanol–water partition coefficient (Wildman–Crippen LogP) is 1.74. The second-order valence-corrected chi connectivity index (χ2v) is 5.53. The minimum atomic E-state index is -0.865. The average molecular weight is 245 g/mol. The molecule has 0 aliphatic heterocycles. The zero-order chi connectivity index (χ0) is 12.6. The van der Waals surface area contributed by atoms with Crippen molar-refractivity contribution in [3.05, 3.63) is 35.4 Å². The zero-order valence-electron chi connectivity index (χ0n) is 10.5. The van der Waals surface area contributed by atoms with E-state index in [9.17, 15) is 9.90 Å². The van der Waals surface area contributed by atoms with Crippen LogP contribution in [-0.4, -0.2) is 17.6 Å². The Kier molecular flexibility index (Phi) is 2.86. The number of benzene rings is 1. The fraction of sp³-hybridized carbons (Fsp3) is 0.533. The molecule has 0 heterocycles. The number of nitrogens with one attached hydrogen (secondary N) is 1. The molecule has 1 atom stereocenters. The largest absolute Gasteiger partial charge is 0.383 e. The third-order valence-corrected chi connectivity index (χ3v) is 4.36. The van der Waals surface area contributed by atoms with Gasteiger partial charge in [-0.25, -0.2) is 0 Å². The van der Waals surface area contributed by atoms with Crippen LogP contribution in [0, 0.1) is 5.92 Å². The van der Waals surface area contributed by atoms with Crippen molar-refractivity contribution in [3.63, 3.8) is 0 Å². The van der Waals surface area contributed by atoms with E-state index in [0.29, 0.717) is 13.0 Å². The molecule has 0 radical (unpaired) electrons. The normalized spacial score (nSPS) is 26.5. The smallest absolute Gasteiger partial charge is 0.223 e. The van der Waals surface area contributed by atoms with Gasteiger partial charge in [0.2, 0.25) is 5.91 Å². The lowest BCUT2D eigenvalue weighted by molar-refractivity contribution is -0.128. The van der Waals surface area contributed by atoms with Gasteiger partial charge in [-0.05, 0) is 36.8 Å². The summed E-state index contributed by atoms with van der Waals surface area (Å²) in [5.74, 6) is 0.296. The summed E-state index contributed by atoms with van der Waals surface area (Å²) in [6.45, 7) is 0.347. The number of hydrogen-bond donors (Lipinski definition) is 2. The predicted molar refractivity (Wildman–Crippen MR) is 69.0 cm³/mol. The lowest BCUT2D eigenvalue weighted by atomic mass is 9.84. The molecule has 0 aromatic heterocycles. The van der Waals surface area contributed by atoms with Gasteiger partial charge in [-0.2, -0.15) is 0 Å². The number of fused-ring (bicyclic) bond motifs is 1. The van der Waals surface area contributed by atoms with Crippen molar-refractivity contribution < 1.29 is 9.90 Å². The van der Waals surface area contributed by atoms with Crippen molar-refractivity contribution >= 4 is 5.91 Å². The highest BCUT2D eigenvalue weighted by atomic mass is 16.3. The Labute approximate surface area is 107 Å². The Morgan fingerprint density at radius 3 is 2.89 bits per heavy atom. The minimum absolute atomic E-state index is 0.110. The third kappa shape index (κ3) is 1.93. The molecule has 2 aliphatic carbocycles. The van der Waals surface area contributed by atoms with E-state index in [4.69, 9.17) is 0 Å². The quantitative estimate of drug-likeness (QED) is 0.852. The number of aliphatic hydroxyl groups is 1. The van der Waals surface area contributed by atoms with Crippen LogP contribution in [0.2, 0.25) is 0 Å². The number of hydrogen-bond acceptors (Lipinski definition) is 2. The molecule has 0 bridgehead atoms. The summed E-state index contributed by atoms with van der Waals surface area (Å²) in [6.07, 6.45) is 4.76. The number of amides is 1. The lowest BCUT2D eigenvalue weighted by Crippen LogP contribution is -2.43. The first-order valence-corrected chi connectivity index (χ1v) is 6.77. The second-order valence-electron chi connectivity index (χ2n) is 5.53. The van der Waals surface area contributed by atoms with E-state index in [-0.39, 0.29) is 11.8 Å². The van der Waals surface area contributed by atoms with Crippen LogP contribution in [0.4, 0.5) is 0 Å². The van der Waals surface area contributed by atoms with Gasteiger partial charge in [-0.15, -0.1) is 0 Å².